The zero-order valence-electron chi connectivity index (χ0n) is 13.7. The van der Waals surface area contributed by atoms with Crippen LogP contribution in [0.1, 0.15) is 41.0 Å². The van der Waals surface area contributed by atoms with E-state index in [9.17, 15) is 9.59 Å². The number of hydrogen-bond acceptors (Lipinski definition) is 3. The number of benzene rings is 2. The Kier molecular flexibility index (Phi) is 6.38. The second kappa shape index (κ2) is 8.50. The maximum atomic E-state index is 12.1. The van der Waals surface area contributed by atoms with E-state index in [1.165, 1.54) is 0 Å². The van der Waals surface area contributed by atoms with Gasteiger partial charge in [0.2, 0.25) is 0 Å². The minimum atomic E-state index is -0.355. The summed E-state index contributed by atoms with van der Waals surface area (Å²) in [6.45, 7) is 4.56. The van der Waals surface area contributed by atoms with E-state index >= 15 is 0 Å². The Hall–Kier alpha value is -2.33. The lowest BCUT2D eigenvalue weighted by molar-refractivity contribution is 0.0488. The number of hydrogen-bond donors (Lipinski definition) is 1. The van der Waals surface area contributed by atoms with Crippen molar-refractivity contribution in [1.29, 1.82) is 0 Å². The predicted molar refractivity (Wildman–Crippen MR) is 95.6 cm³/mol. The zero-order chi connectivity index (χ0) is 17.5. The quantitative estimate of drug-likeness (QED) is 0.765. The van der Waals surface area contributed by atoms with Crippen molar-refractivity contribution in [3.05, 3.63) is 64.7 Å². The third kappa shape index (κ3) is 5.39. The standard InChI is InChI=1S/C19H20ClNO3/c1-13(2)11-12-24-19(23)15-5-9-17(10-6-15)21-18(22)14-3-7-16(20)8-4-14/h3-10,13H,11-12H2,1-2H3,(H,21,22). The first-order valence-corrected chi connectivity index (χ1v) is 8.17. The van der Waals surface area contributed by atoms with Gasteiger partial charge in [-0.3, -0.25) is 4.79 Å². The summed E-state index contributed by atoms with van der Waals surface area (Å²) >= 11 is 5.80. The van der Waals surface area contributed by atoms with Crippen LogP contribution in [0.3, 0.4) is 0 Å². The second-order valence-electron chi connectivity index (χ2n) is 5.86. The van der Waals surface area contributed by atoms with E-state index in [1.807, 2.05) is 0 Å². The third-order valence-electron chi connectivity index (χ3n) is 3.41. The van der Waals surface area contributed by atoms with Crippen LogP contribution in [0.2, 0.25) is 5.02 Å². The van der Waals surface area contributed by atoms with E-state index in [0.717, 1.165) is 6.42 Å². The van der Waals surface area contributed by atoms with Crippen LogP contribution in [0.15, 0.2) is 48.5 Å². The van der Waals surface area contributed by atoms with Gasteiger partial charge in [0.25, 0.3) is 5.91 Å². The van der Waals surface area contributed by atoms with Gasteiger partial charge in [-0.25, -0.2) is 4.79 Å². The first-order chi connectivity index (χ1) is 11.5. The van der Waals surface area contributed by atoms with Crippen LogP contribution in [-0.2, 0) is 4.74 Å². The van der Waals surface area contributed by atoms with E-state index in [0.29, 0.717) is 34.4 Å². The Labute approximate surface area is 146 Å². The molecule has 0 aliphatic heterocycles. The number of ether oxygens (including phenoxy) is 1. The van der Waals surface area contributed by atoms with Gasteiger partial charge in [-0.1, -0.05) is 25.4 Å². The van der Waals surface area contributed by atoms with Crippen LogP contribution in [0.5, 0.6) is 0 Å². The molecule has 0 atom stereocenters. The lowest BCUT2D eigenvalue weighted by Gasteiger charge is -2.08. The summed E-state index contributed by atoms with van der Waals surface area (Å²) in [4.78, 5) is 24.0. The van der Waals surface area contributed by atoms with E-state index in [-0.39, 0.29) is 11.9 Å². The first-order valence-electron chi connectivity index (χ1n) is 7.80. The highest BCUT2D eigenvalue weighted by Crippen LogP contribution is 2.14. The molecule has 126 valence electrons. The summed E-state index contributed by atoms with van der Waals surface area (Å²) in [5.41, 5.74) is 1.58. The average molecular weight is 346 g/mol. The summed E-state index contributed by atoms with van der Waals surface area (Å²) in [7, 11) is 0. The summed E-state index contributed by atoms with van der Waals surface area (Å²) in [5, 5.41) is 3.34. The van der Waals surface area contributed by atoms with Gasteiger partial charge in [0.05, 0.1) is 12.2 Å². The molecule has 5 heteroatoms. The number of anilines is 1. The first kappa shape index (κ1) is 18.0. The SMILES string of the molecule is CC(C)CCOC(=O)c1ccc(NC(=O)c2ccc(Cl)cc2)cc1. The van der Waals surface area contributed by atoms with E-state index in [4.69, 9.17) is 16.3 Å². The molecule has 1 amide bonds. The molecule has 0 radical (unpaired) electrons. The lowest BCUT2D eigenvalue weighted by atomic mass is 10.1. The number of amides is 1. The topological polar surface area (TPSA) is 55.4 Å². The number of carbonyl (C=O) groups is 2. The highest BCUT2D eigenvalue weighted by Gasteiger charge is 2.09. The molecule has 0 fully saturated rings. The number of esters is 1. The molecule has 0 spiro atoms. The van der Waals surface area contributed by atoms with Crippen molar-refractivity contribution >= 4 is 29.2 Å². The van der Waals surface area contributed by atoms with Crippen molar-refractivity contribution in [2.75, 3.05) is 11.9 Å². The fourth-order valence-electron chi connectivity index (χ4n) is 1.96. The molecule has 1 N–H and O–H groups in total. The third-order valence-corrected chi connectivity index (χ3v) is 3.67. The fourth-order valence-corrected chi connectivity index (χ4v) is 2.09. The Morgan fingerprint density at radius 1 is 1.00 bits per heavy atom. The van der Waals surface area contributed by atoms with Crippen LogP contribution < -0.4 is 5.32 Å². The molecule has 24 heavy (non-hydrogen) atoms. The smallest absolute Gasteiger partial charge is 0.338 e. The number of halogens is 1. The Balaban J connectivity index is 1.93. The van der Waals surface area contributed by atoms with Crippen LogP contribution >= 0.6 is 11.6 Å². The van der Waals surface area contributed by atoms with Crippen LogP contribution in [0.25, 0.3) is 0 Å². The van der Waals surface area contributed by atoms with Gasteiger partial charge in [-0.15, -0.1) is 0 Å². The normalized spacial score (nSPS) is 10.5. The Morgan fingerprint density at radius 3 is 2.17 bits per heavy atom. The lowest BCUT2D eigenvalue weighted by Crippen LogP contribution is -2.12. The predicted octanol–water partition coefficient (Wildman–Crippen LogP) is 4.80. The van der Waals surface area contributed by atoms with Gasteiger partial charge in [0.15, 0.2) is 0 Å². The van der Waals surface area contributed by atoms with Crippen LogP contribution in [0.4, 0.5) is 5.69 Å². The Morgan fingerprint density at radius 2 is 1.58 bits per heavy atom. The molecule has 0 unspecified atom stereocenters. The number of nitrogens with one attached hydrogen (secondary N) is 1. The summed E-state index contributed by atoms with van der Waals surface area (Å²) < 4.78 is 5.20. The van der Waals surface area contributed by atoms with E-state index in [2.05, 4.69) is 19.2 Å². The monoisotopic (exact) mass is 345 g/mol. The van der Waals surface area contributed by atoms with Crippen molar-refractivity contribution in [3.8, 4) is 0 Å². The van der Waals surface area contributed by atoms with Crippen molar-refractivity contribution in [2.45, 2.75) is 20.3 Å². The molecule has 0 bridgehead atoms. The van der Waals surface area contributed by atoms with Crippen molar-refractivity contribution in [2.24, 2.45) is 5.92 Å². The minimum Gasteiger partial charge on any atom is -0.462 e. The maximum Gasteiger partial charge on any atom is 0.338 e. The van der Waals surface area contributed by atoms with Gasteiger partial charge in [-0.05, 0) is 60.9 Å². The highest BCUT2D eigenvalue weighted by atomic mass is 35.5. The molecule has 0 aliphatic rings. The number of rotatable bonds is 6. The van der Waals surface area contributed by atoms with Crippen LogP contribution in [0, 0.1) is 5.92 Å². The largest absolute Gasteiger partial charge is 0.462 e. The molecule has 0 aromatic heterocycles. The van der Waals surface area contributed by atoms with Gasteiger partial charge in [-0.2, -0.15) is 0 Å². The van der Waals surface area contributed by atoms with Gasteiger partial charge >= 0.3 is 5.97 Å². The van der Waals surface area contributed by atoms with E-state index in [1.54, 1.807) is 48.5 Å². The molecule has 2 rings (SSSR count). The zero-order valence-corrected chi connectivity index (χ0v) is 14.5. The molecule has 0 saturated carbocycles. The Bertz CT molecular complexity index is 694. The number of carbonyl (C=O) groups excluding carboxylic acids is 2. The van der Waals surface area contributed by atoms with Crippen molar-refractivity contribution < 1.29 is 14.3 Å². The minimum absolute atomic E-state index is 0.237. The van der Waals surface area contributed by atoms with Crippen molar-refractivity contribution in [1.82, 2.24) is 0 Å². The molecular formula is C19H20ClNO3. The average Bonchev–Trinajstić information content (AvgIpc) is 2.55. The van der Waals surface area contributed by atoms with Gasteiger partial charge < -0.3 is 10.1 Å². The summed E-state index contributed by atoms with van der Waals surface area (Å²) in [6, 6.07) is 13.2. The van der Waals surface area contributed by atoms with Crippen molar-refractivity contribution in [3.63, 3.8) is 0 Å². The maximum absolute atomic E-state index is 12.1. The summed E-state index contributed by atoms with van der Waals surface area (Å²) in [6.07, 6.45) is 0.834. The van der Waals surface area contributed by atoms with Gasteiger partial charge in [0.1, 0.15) is 0 Å². The molecule has 0 heterocycles. The molecular weight excluding hydrogens is 326 g/mol. The molecule has 4 nitrogen and oxygen atoms in total. The highest BCUT2D eigenvalue weighted by molar-refractivity contribution is 6.30. The molecule has 0 aliphatic carbocycles. The fraction of sp³-hybridized carbons (Fsp3) is 0.263. The second-order valence-corrected chi connectivity index (χ2v) is 6.29. The molecule has 0 saturated heterocycles. The molecule has 2 aromatic carbocycles. The summed E-state index contributed by atoms with van der Waals surface area (Å²) in [5.74, 6) is -0.103. The molecule has 2 aromatic rings. The van der Waals surface area contributed by atoms with Crippen LogP contribution in [-0.4, -0.2) is 18.5 Å². The van der Waals surface area contributed by atoms with E-state index < -0.39 is 0 Å². The van der Waals surface area contributed by atoms with Gasteiger partial charge in [0, 0.05) is 16.3 Å².